The molecule has 1 atom stereocenters. The van der Waals surface area contributed by atoms with Crippen molar-refractivity contribution >= 4 is 11.3 Å². The fourth-order valence-corrected chi connectivity index (χ4v) is 2.81. The molecule has 0 bridgehead atoms. The molecule has 0 fully saturated rings. The van der Waals surface area contributed by atoms with Crippen LogP contribution in [0, 0.1) is 12.8 Å². The fourth-order valence-electron chi connectivity index (χ4n) is 1.52. The summed E-state index contributed by atoms with van der Waals surface area (Å²) in [6.07, 6.45) is 3.24. The zero-order valence-corrected chi connectivity index (χ0v) is 11.0. The van der Waals surface area contributed by atoms with E-state index in [1.54, 1.807) is 0 Å². The molecular formula is C12H22N2S. The van der Waals surface area contributed by atoms with Crippen molar-refractivity contribution < 1.29 is 0 Å². The highest BCUT2D eigenvalue weighted by Crippen LogP contribution is 2.22. The second-order valence-electron chi connectivity index (χ2n) is 4.73. The zero-order chi connectivity index (χ0) is 11.4. The van der Waals surface area contributed by atoms with Crippen LogP contribution < -0.4 is 5.73 Å². The van der Waals surface area contributed by atoms with Crippen molar-refractivity contribution in [1.29, 1.82) is 0 Å². The number of nitrogens with zero attached hydrogens (tertiary/aromatic N) is 1. The van der Waals surface area contributed by atoms with Gasteiger partial charge in [0.1, 0.15) is 0 Å². The smallest absolute Gasteiger partial charge is 0.0933 e. The van der Waals surface area contributed by atoms with Gasteiger partial charge in [0.05, 0.1) is 10.7 Å². The number of aryl methyl sites for hydroxylation is 2. The molecule has 0 spiro atoms. The van der Waals surface area contributed by atoms with Gasteiger partial charge in [0.25, 0.3) is 0 Å². The van der Waals surface area contributed by atoms with Crippen LogP contribution >= 0.6 is 11.3 Å². The third-order valence-electron chi connectivity index (χ3n) is 2.35. The monoisotopic (exact) mass is 226 g/mol. The predicted molar refractivity (Wildman–Crippen MR) is 67.4 cm³/mol. The molecule has 2 N–H and O–H groups in total. The molecule has 1 aromatic heterocycles. The lowest BCUT2D eigenvalue weighted by atomic mass is 10.1. The normalized spacial score (nSPS) is 13.5. The number of hydrogen-bond donors (Lipinski definition) is 1. The molecule has 1 unspecified atom stereocenters. The van der Waals surface area contributed by atoms with Crippen LogP contribution in [0.1, 0.15) is 42.8 Å². The Bertz CT molecular complexity index is 303. The lowest BCUT2D eigenvalue weighted by Gasteiger charge is -2.02. The molecular weight excluding hydrogens is 204 g/mol. The van der Waals surface area contributed by atoms with Crippen LogP contribution in [-0.2, 0) is 12.8 Å². The molecule has 0 aliphatic heterocycles. The molecule has 1 aromatic rings. The largest absolute Gasteiger partial charge is 0.328 e. The molecule has 0 aromatic carbocycles. The summed E-state index contributed by atoms with van der Waals surface area (Å²) >= 11 is 1.86. The van der Waals surface area contributed by atoms with Crippen molar-refractivity contribution in [3.8, 4) is 0 Å². The standard InChI is InChI=1S/C12H22N2S/c1-8(2)7-12-14-10(4)11(15-12)6-5-9(3)13/h8-9H,5-7,13H2,1-4H3. The third kappa shape index (κ3) is 4.31. The van der Waals surface area contributed by atoms with Crippen molar-refractivity contribution in [2.75, 3.05) is 0 Å². The Balaban J connectivity index is 2.60. The highest BCUT2D eigenvalue weighted by atomic mass is 32.1. The molecule has 0 radical (unpaired) electrons. The minimum absolute atomic E-state index is 0.292. The molecule has 0 saturated heterocycles. The Morgan fingerprint density at radius 2 is 2.00 bits per heavy atom. The SMILES string of the molecule is Cc1nc(CC(C)C)sc1CCC(C)N. The quantitative estimate of drug-likeness (QED) is 0.838. The van der Waals surface area contributed by atoms with E-state index in [2.05, 4.69) is 32.7 Å². The van der Waals surface area contributed by atoms with Gasteiger partial charge < -0.3 is 5.73 Å². The van der Waals surface area contributed by atoms with E-state index in [1.807, 2.05) is 11.3 Å². The summed E-state index contributed by atoms with van der Waals surface area (Å²) in [5.74, 6) is 0.692. The molecule has 0 aliphatic rings. The van der Waals surface area contributed by atoms with E-state index in [-0.39, 0.29) is 0 Å². The zero-order valence-electron chi connectivity index (χ0n) is 10.2. The predicted octanol–water partition coefficient (Wildman–Crippen LogP) is 2.93. The Morgan fingerprint density at radius 3 is 2.53 bits per heavy atom. The average Bonchev–Trinajstić information content (AvgIpc) is 2.41. The highest BCUT2D eigenvalue weighted by molar-refractivity contribution is 7.11. The van der Waals surface area contributed by atoms with Crippen molar-refractivity contribution in [1.82, 2.24) is 4.98 Å². The Labute approximate surface area is 96.9 Å². The first-order valence-corrected chi connectivity index (χ1v) is 6.51. The van der Waals surface area contributed by atoms with Crippen molar-refractivity contribution in [2.24, 2.45) is 11.7 Å². The molecule has 0 aliphatic carbocycles. The molecule has 15 heavy (non-hydrogen) atoms. The first-order valence-electron chi connectivity index (χ1n) is 5.69. The molecule has 1 heterocycles. The number of thiazole rings is 1. The van der Waals surface area contributed by atoms with Gasteiger partial charge in [-0.2, -0.15) is 0 Å². The van der Waals surface area contributed by atoms with E-state index in [4.69, 9.17) is 5.73 Å². The Kier molecular flexibility index (Phi) is 4.74. The molecule has 86 valence electrons. The molecule has 1 rings (SSSR count). The maximum Gasteiger partial charge on any atom is 0.0933 e. The van der Waals surface area contributed by atoms with Crippen LogP contribution in [0.15, 0.2) is 0 Å². The minimum Gasteiger partial charge on any atom is -0.328 e. The van der Waals surface area contributed by atoms with Gasteiger partial charge in [-0.05, 0) is 32.6 Å². The van der Waals surface area contributed by atoms with E-state index in [1.165, 1.54) is 15.6 Å². The molecule has 0 saturated carbocycles. The van der Waals surface area contributed by atoms with E-state index in [0.29, 0.717) is 12.0 Å². The summed E-state index contributed by atoms with van der Waals surface area (Å²) in [6, 6.07) is 0.292. The van der Waals surface area contributed by atoms with Crippen molar-refractivity contribution in [3.63, 3.8) is 0 Å². The summed E-state index contributed by atoms with van der Waals surface area (Å²) in [5.41, 5.74) is 6.97. The highest BCUT2D eigenvalue weighted by Gasteiger charge is 2.09. The van der Waals surface area contributed by atoms with E-state index in [9.17, 15) is 0 Å². The van der Waals surface area contributed by atoms with Crippen molar-refractivity contribution in [3.05, 3.63) is 15.6 Å². The minimum atomic E-state index is 0.292. The van der Waals surface area contributed by atoms with Gasteiger partial charge in [-0.3, -0.25) is 0 Å². The maximum atomic E-state index is 5.76. The fraction of sp³-hybridized carbons (Fsp3) is 0.750. The van der Waals surface area contributed by atoms with Gasteiger partial charge in [-0.1, -0.05) is 13.8 Å². The Hall–Kier alpha value is -0.410. The van der Waals surface area contributed by atoms with E-state index < -0.39 is 0 Å². The second-order valence-corrected chi connectivity index (χ2v) is 5.90. The number of hydrogen-bond acceptors (Lipinski definition) is 3. The topological polar surface area (TPSA) is 38.9 Å². The van der Waals surface area contributed by atoms with Gasteiger partial charge in [-0.15, -0.1) is 11.3 Å². The van der Waals surface area contributed by atoms with E-state index in [0.717, 1.165) is 19.3 Å². The van der Waals surface area contributed by atoms with Crippen LogP contribution in [0.3, 0.4) is 0 Å². The first kappa shape index (κ1) is 12.7. The van der Waals surface area contributed by atoms with Gasteiger partial charge in [0, 0.05) is 17.3 Å². The van der Waals surface area contributed by atoms with Gasteiger partial charge >= 0.3 is 0 Å². The molecule has 0 amide bonds. The van der Waals surface area contributed by atoms with Gasteiger partial charge in [0.2, 0.25) is 0 Å². The number of aromatic nitrogens is 1. The summed E-state index contributed by atoms with van der Waals surface area (Å²) in [7, 11) is 0. The summed E-state index contributed by atoms with van der Waals surface area (Å²) in [5, 5.41) is 1.28. The van der Waals surface area contributed by atoms with Gasteiger partial charge in [-0.25, -0.2) is 4.98 Å². The van der Waals surface area contributed by atoms with Gasteiger partial charge in [0.15, 0.2) is 0 Å². The third-order valence-corrected chi connectivity index (χ3v) is 3.59. The Morgan fingerprint density at radius 1 is 1.33 bits per heavy atom. The summed E-state index contributed by atoms with van der Waals surface area (Å²) in [6.45, 7) is 8.64. The molecule has 2 nitrogen and oxygen atoms in total. The number of rotatable bonds is 5. The molecule has 3 heteroatoms. The lowest BCUT2D eigenvalue weighted by Crippen LogP contribution is -2.15. The van der Waals surface area contributed by atoms with Crippen LogP contribution in [-0.4, -0.2) is 11.0 Å². The second kappa shape index (κ2) is 5.61. The van der Waals surface area contributed by atoms with E-state index >= 15 is 0 Å². The van der Waals surface area contributed by atoms with Crippen LogP contribution in [0.2, 0.25) is 0 Å². The van der Waals surface area contributed by atoms with Crippen LogP contribution in [0.25, 0.3) is 0 Å². The number of nitrogens with two attached hydrogens (primary N) is 1. The van der Waals surface area contributed by atoms with Crippen molar-refractivity contribution in [2.45, 2.75) is 53.0 Å². The first-order chi connectivity index (χ1) is 6.99. The average molecular weight is 226 g/mol. The summed E-state index contributed by atoms with van der Waals surface area (Å²) in [4.78, 5) is 6.03. The lowest BCUT2D eigenvalue weighted by molar-refractivity contribution is 0.643. The summed E-state index contributed by atoms with van der Waals surface area (Å²) < 4.78 is 0. The maximum absolute atomic E-state index is 5.76. The van der Waals surface area contributed by atoms with Crippen LogP contribution in [0.5, 0.6) is 0 Å². The van der Waals surface area contributed by atoms with Crippen LogP contribution in [0.4, 0.5) is 0 Å².